The highest BCUT2D eigenvalue weighted by atomic mass is 16.5. The second kappa shape index (κ2) is 4.44. The van der Waals surface area contributed by atoms with Gasteiger partial charge in [0.2, 0.25) is 0 Å². The number of nitrogens with zero attached hydrogens (tertiary/aromatic N) is 1. The van der Waals surface area contributed by atoms with E-state index in [-0.39, 0.29) is 6.42 Å². The molecule has 0 amide bonds. The van der Waals surface area contributed by atoms with Crippen LogP contribution in [0.2, 0.25) is 0 Å². The topological polar surface area (TPSA) is 82.3 Å². The smallest absolute Gasteiger partial charge is 0.307 e. The molecule has 1 aliphatic heterocycles. The largest absolute Gasteiger partial charge is 0.484 e. The van der Waals surface area contributed by atoms with Gasteiger partial charge in [0.25, 0.3) is 0 Å². The molecule has 0 aromatic heterocycles. The molecule has 88 valence electrons. The Balaban J connectivity index is 2.08. The molecule has 0 unspecified atom stereocenters. The Morgan fingerprint density at radius 1 is 1.47 bits per heavy atom. The van der Waals surface area contributed by atoms with Gasteiger partial charge in [-0.25, -0.2) is 0 Å². The van der Waals surface area contributed by atoms with Crippen molar-refractivity contribution in [1.29, 1.82) is 5.26 Å². The third-order valence-corrected chi connectivity index (χ3v) is 2.69. The number of nitriles is 1. The van der Waals surface area contributed by atoms with E-state index in [1.165, 1.54) is 0 Å². The molecule has 5 nitrogen and oxygen atoms in total. The summed E-state index contributed by atoms with van der Waals surface area (Å²) in [5.74, 6) is -0.285. The maximum absolute atomic E-state index is 10.7. The average Bonchev–Trinajstić information content (AvgIpc) is 2.26. The van der Waals surface area contributed by atoms with Gasteiger partial charge in [0.05, 0.1) is 18.1 Å². The van der Waals surface area contributed by atoms with Crippen molar-refractivity contribution in [1.82, 2.24) is 5.32 Å². The van der Waals surface area contributed by atoms with Gasteiger partial charge in [0.1, 0.15) is 11.4 Å². The third kappa shape index (κ3) is 2.55. The molecule has 1 aromatic rings. The molecule has 1 aliphatic rings. The van der Waals surface area contributed by atoms with E-state index in [1.54, 1.807) is 24.3 Å². The van der Waals surface area contributed by atoms with Crippen molar-refractivity contribution in [2.24, 2.45) is 0 Å². The van der Waals surface area contributed by atoms with Crippen LogP contribution in [-0.4, -0.2) is 29.8 Å². The van der Waals surface area contributed by atoms with Gasteiger partial charge in [0.15, 0.2) is 0 Å². The molecule has 0 atom stereocenters. The van der Waals surface area contributed by atoms with Crippen LogP contribution in [0.25, 0.3) is 0 Å². The fourth-order valence-electron chi connectivity index (χ4n) is 1.76. The lowest BCUT2D eigenvalue weighted by atomic mass is 9.92. The number of nitrogens with one attached hydrogen (secondary N) is 1. The number of aliphatic carboxylic acids is 1. The number of hydrogen-bond acceptors (Lipinski definition) is 4. The van der Waals surface area contributed by atoms with Gasteiger partial charge in [-0.05, 0) is 24.3 Å². The standard InChI is InChI=1S/C12H12N2O3/c13-6-9-1-3-10(4-2-9)17-12(5-11(15)16)7-14-8-12/h1-4,14H,5,7-8H2,(H,15,16). The monoisotopic (exact) mass is 232 g/mol. The first-order valence-corrected chi connectivity index (χ1v) is 5.25. The van der Waals surface area contributed by atoms with Crippen LogP contribution in [0.4, 0.5) is 0 Å². The molecule has 0 bridgehead atoms. The highest BCUT2D eigenvalue weighted by Gasteiger charge is 2.41. The molecule has 0 saturated carbocycles. The minimum absolute atomic E-state index is 0.0278. The second-order valence-corrected chi connectivity index (χ2v) is 4.10. The Labute approximate surface area is 98.6 Å². The van der Waals surface area contributed by atoms with E-state index in [0.717, 1.165) is 0 Å². The summed E-state index contributed by atoms with van der Waals surface area (Å²) in [4.78, 5) is 10.7. The molecule has 1 aromatic carbocycles. The van der Waals surface area contributed by atoms with Gasteiger partial charge in [0, 0.05) is 13.1 Å². The zero-order chi connectivity index (χ0) is 12.3. The Hall–Kier alpha value is -2.06. The summed E-state index contributed by atoms with van der Waals surface area (Å²) in [5.41, 5.74) is -0.101. The van der Waals surface area contributed by atoms with Crippen molar-refractivity contribution in [3.63, 3.8) is 0 Å². The minimum atomic E-state index is -0.875. The molecule has 1 fully saturated rings. The van der Waals surface area contributed by atoms with E-state index in [1.807, 2.05) is 6.07 Å². The molecule has 2 rings (SSSR count). The van der Waals surface area contributed by atoms with Gasteiger partial charge in [-0.3, -0.25) is 4.79 Å². The molecular weight excluding hydrogens is 220 g/mol. The van der Waals surface area contributed by atoms with Crippen LogP contribution < -0.4 is 10.1 Å². The Morgan fingerprint density at radius 2 is 2.12 bits per heavy atom. The van der Waals surface area contributed by atoms with Crippen LogP contribution in [-0.2, 0) is 4.79 Å². The van der Waals surface area contributed by atoms with E-state index in [2.05, 4.69) is 5.32 Å². The van der Waals surface area contributed by atoms with E-state index in [4.69, 9.17) is 15.1 Å². The van der Waals surface area contributed by atoms with Crippen molar-refractivity contribution in [3.8, 4) is 11.8 Å². The molecular formula is C12H12N2O3. The van der Waals surface area contributed by atoms with Crippen LogP contribution in [0.5, 0.6) is 5.75 Å². The van der Waals surface area contributed by atoms with E-state index >= 15 is 0 Å². The van der Waals surface area contributed by atoms with Crippen molar-refractivity contribution in [3.05, 3.63) is 29.8 Å². The maximum Gasteiger partial charge on any atom is 0.307 e. The van der Waals surface area contributed by atoms with Gasteiger partial charge in [-0.2, -0.15) is 5.26 Å². The van der Waals surface area contributed by atoms with Gasteiger partial charge in [-0.15, -0.1) is 0 Å². The second-order valence-electron chi connectivity index (χ2n) is 4.10. The Bertz CT molecular complexity index is 458. The predicted octanol–water partition coefficient (Wildman–Crippen LogP) is 0.754. The van der Waals surface area contributed by atoms with Crippen LogP contribution >= 0.6 is 0 Å². The third-order valence-electron chi connectivity index (χ3n) is 2.69. The fourth-order valence-corrected chi connectivity index (χ4v) is 1.76. The quantitative estimate of drug-likeness (QED) is 0.800. The lowest BCUT2D eigenvalue weighted by molar-refractivity contribution is -0.143. The summed E-state index contributed by atoms with van der Waals surface area (Å²) < 4.78 is 5.70. The average molecular weight is 232 g/mol. The molecule has 1 saturated heterocycles. The Morgan fingerprint density at radius 3 is 2.53 bits per heavy atom. The maximum atomic E-state index is 10.7. The fraction of sp³-hybridized carbons (Fsp3) is 0.333. The number of carboxylic acid groups (broad SMARTS) is 1. The zero-order valence-corrected chi connectivity index (χ0v) is 9.14. The van der Waals surface area contributed by atoms with Gasteiger partial charge >= 0.3 is 5.97 Å². The predicted molar refractivity (Wildman–Crippen MR) is 59.6 cm³/mol. The number of carbonyl (C=O) groups is 1. The van der Waals surface area contributed by atoms with Gasteiger partial charge in [-0.1, -0.05) is 0 Å². The van der Waals surface area contributed by atoms with Crippen molar-refractivity contribution >= 4 is 5.97 Å². The summed E-state index contributed by atoms with van der Waals surface area (Å²) in [5, 5.41) is 20.5. The highest BCUT2D eigenvalue weighted by Crippen LogP contribution is 2.25. The first kappa shape index (κ1) is 11.4. The molecule has 0 spiro atoms. The minimum Gasteiger partial charge on any atom is -0.484 e. The number of benzene rings is 1. The van der Waals surface area contributed by atoms with Crippen molar-refractivity contribution in [2.45, 2.75) is 12.0 Å². The van der Waals surface area contributed by atoms with E-state index < -0.39 is 11.6 Å². The summed E-state index contributed by atoms with van der Waals surface area (Å²) in [6.07, 6.45) is -0.0278. The summed E-state index contributed by atoms with van der Waals surface area (Å²) in [6.45, 7) is 1.05. The summed E-state index contributed by atoms with van der Waals surface area (Å²) in [7, 11) is 0. The van der Waals surface area contributed by atoms with Gasteiger partial charge < -0.3 is 15.2 Å². The summed E-state index contributed by atoms with van der Waals surface area (Å²) >= 11 is 0. The summed E-state index contributed by atoms with van der Waals surface area (Å²) in [6, 6.07) is 8.67. The molecule has 0 radical (unpaired) electrons. The first-order chi connectivity index (χ1) is 8.13. The number of carboxylic acids is 1. The van der Waals surface area contributed by atoms with Crippen LogP contribution in [0.3, 0.4) is 0 Å². The SMILES string of the molecule is N#Cc1ccc(OC2(CC(=O)O)CNC2)cc1. The first-order valence-electron chi connectivity index (χ1n) is 5.25. The highest BCUT2D eigenvalue weighted by molar-refractivity contribution is 5.68. The lowest BCUT2D eigenvalue weighted by Crippen LogP contribution is -2.64. The number of ether oxygens (including phenoxy) is 1. The lowest BCUT2D eigenvalue weighted by Gasteiger charge is -2.41. The van der Waals surface area contributed by atoms with Crippen LogP contribution in [0, 0.1) is 11.3 Å². The molecule has 1 heterocycles. The van der Waals surface area contributed by atoms with Crippen molar-refractivity contribution in [2.75, 3.05) is 13.1 Å². The van der Waals surface area contributed by atoms with Crippen LogP contribution in [0.15, 0.2) is 24.3 Å². The normalized spacial score (nSPS) is 16.6. The number of hydrogen-bond donors (Lipinski definition) is 2. The number of rotatable bonds is 4. The van der Waals surface area contributed by atoms with E-state index in [9.17, 15) is 4.79 Å². The Kier molecular flexibility index (Phi) is 2.98. The zero-order valence-electron chi connectivity index (χ0n) is 9.14. The van der Waals surface area contributed by atoms with Crippen LogP contribution in [0.1, 0.15) is 12.0 Å². The van der Waals surface area contributed by atoms with E-state index in [0.29, 0.717) is 24.4 Å². The van der Waals surface area contributed by atoms with Crippen molar-refractivity contribution < 1.29 is 14.6 Å². The molecule has 17 heavy (non-hydrogen) atoms. The molecule has 0 aliphatic carbocycles. The molecule has 2 N–H and O–H groups in total. The molecule has 5 heteroatoms.